The number of nitrogens with zero attached hydrogens (tertiary/aromatic N) is 1. The zero-order valence-corrected chi connectivity index (χ0v) is 12.1. The second kappa shape index (κ2) is 7.57. The molecule has 0 aromatic heterocycles. The lowest BCUT2D eigenvalue weighted by Crippen LogP contribution is -2.43. The molecule has 3 atom stereocenters. The third-order valence-electron chi connectivity index (χ3n) is 3.76. The van der Waals surface area contributed by atoms with Gasteiger partial charge in [-0.05, 0) is 31.7 Å². The number of hydrogen-bond acceptors (Lipinski definition) is 3. The van der Waals surface area contributed by atoms with Crippen molar-refractivity contribution in [1.82, 2.24) is 10.2 Å². The van der Waals surface area contributed by atoms with E-state index in [4.69, 9.17) is 0 Å². The Labute approximate surface area is 106 Å². The van der Waals surface area contributed by atoms with Crippen LogP contribution in [-0.4, -0.2) is 48.6 Å². The van der Waals surface area contributed by atoms with Crippen molar-refractivity contribution in [3.8, 4) is 0 Å². The Morgan fingerprint density at radius 3 is 2.81 bits per heavy atom. The van der Waals surface area contributed by atoms with E-state index in [9.17, 15) is 0 Å². The van der Waals surface area contributed by atoms with Crippen molar-refractivity contribution in [1.29, 1.82) is 0 Å². The zero-order valence-electron chi connectivity index (χ0n) is 11.3. The van der Waals surface area contributed by atoms with Gasteiger partial charge >= 0.3 is 0 Å². The van der Waals surface area contributed by atoms with Gasteiger partial charge in [0.05, 0.1) is 0 Å². The summed E-state index contributed by atoms with van der Waals surface area (Å²) < 4.78 is 0. The van der Waals surface area contributed by atoms with Gasteiger partial charge in [-0.15, -0.1) is 0 Å². The molecule has 1 saturated heterocycles. The quantitative estimate of drug-likeness (QED) is 0.800. The average Bonchev–Trinajstić information content (AvgIpc) is 2.53. The van der Waals surface area contributed by atoms with E-state index in [2.05, 4.69) is 37.2 Å². The van der Waals surface area contributed by atoms with Crippen LogP contribution in [0.5, 0.6) is 0 Å². The van der Waals surface area contributed by atoms with Crippen molar-refractivity contribution in [2.24, 2.45) is 5.92 Å². The molecule has 1 fully saturated rings. The van der Waals surface area contributed by atoms with Gasteiger partial charge < -0.3 is 10.2 Å². The fraction of sp³-hybridized carbons (Fsp3) is 1.00. The minimum atomic E-state index is 0.696. The molecule has 0 aromatic rings. The fourth-order valence-electron chi connectivity index (χ4n) is 2.29. The summed E-state index contributed by atoms with van der Waals surface area (Å²) in [5, 5.41) is 4.46. The van der Waals surface area contributed by atoms with Gasteiger partial charge in [0.25, 0.3) is 0 Å². The first-order valence-electron chi connectivity index (χ1n) is 6.65. The Morgan fingerprint density at radius 2 is 2.19 bits per heavy atom. The molecule has 1 aliphatic rings. The van der Waals surface area contributed by atoms with Gasteiger partial charge in [-0.2, -0.15) is 11.8 Å². The van der Waals surface area contributed by atoms with E-state index in [1.165, 1.54) is 39.0 Å². The highest BCUT2D eigenvalue weighted by atomic mass is 32.2. The monoisotopic (exact) mass is 244 g/mol. The molecule has 0 spiro atoms. The molecule has 1 rings (SSSR count). The number of thioether (sulfide) groups is 1. The maximum atomic E-state index is 3.71. The number of nitrogens with one attached hydrogen (secondary N) is 1. The van der Waals surface area contributed by atoms with Gasteiger partial charge in [0, 0.05) is 24.4 Å². The van der Waals surface area contributed by atoms with Gasteiger partial charge in [0.15, 0.2) is 0 Å². The largest absolute Gasteiger partial charge is 0.312 e. The Bertz CT molecular complexity index is 187. The molecule has 1 heterocycles. The van der Waals surface area contributed by atoms with Crippen LogP contribution in [-0.2, 0) is 0 Å². The van der Waals surface area contributed by atoms with Crippen LogP contribution in [0.1, 0.15) is 33.6 Å². The van der Waals surface area contributed by atoms with Gasteiger partial charge in [0.1, 0.15) is 0 Å². The van der Waals surface area contributed by atoms with Crippen molar-refractivity contribution in [3.05, 3.63) is 0 Å². The molecule has 3 unspecified atom stereocenters. The Hall–Kier alpha value is 0.270. The summed E-state index contributed by atoms with van der Waals surface area (Å²) in [6, 6.07) is 0.696. The lowest BCUT2D eigenvalue weighted by atomic mass is 9.99. The summed E-state index contributed by atoms with van der Waals surface area (Å²) in [4.78, 5) is 2.65. The van der Waals surface area contributed by atoms with Crippen LogP contribution in [0, 0.1) is 5.92 Å². The van der Waals surface area contributed by atoms with Crippen molar-refractivity contribution in [2.75, 3.05) is 32.4 Å². The zero-order chi connectivity index (χ0) is 12.0. The maximum Gasteiger partial charge on any atom is 0.0220 e. The van der Waals surface area contributed by atoms with Crippen molar-refractivity contribution < 1.29 is 0 Å². The van der Waals surface area contributed by atoms with Crippen molar-refractivity contribution in [2.45, 2.75) is 44.9 Å². The average molecular weight is 244 g/mol. The number of rotatable bonds is 5. The molecular weight excluding hydrogens is 216 g/mol. The first-order chi connectivity index (χ1) is 7.67. The standard InChI is InChI=1S/C13H28N2S/c1-5-11(2)13-10-15(8-6-7-14-13)9-12(3)16-4/h11-14H,5-10H2,1-4H3. The third kappa shape index (κ3) is 4.64. The molecule has 0 radical (unpaired) electrons. The molecule has 96 valence electrons. The van der Waals surface area contributed by atoms with Crippen LogP contribution in [0.3, 0.4) is 0 Å². The van der Waals surface area contributed by atoms with Gasteiger partial charge in [0.2, 0.25) is 0 Å². The first-order valence-corrected chi connectivity index (χ1v) is 7.94. The van der Waals surface area contributed by atoms with Crippen LogP contribution in [0.15, 0.2) is 0 Å². The molecule has 0 aromatic carbocycles. The predicted molar refractivity (Wildman–Crippen MR) is 75.3 cm³/mol. The molecule has 1 aliphatic heterocycles. The van der Waals surface area contributed by atoms with E-state index in [-0.39, 0.29) is 0 Å². The fourth-order valence-corrected chi connectivity index (χ4v) is 2.65. The summed E-state index contributed by atoms with van der Waals surface area (Å²) in [7, 11) is 0. The summed E-state index contributed by atoms with van der Waals surface area (Å²) in [5.74, 6) is 0.796. The Balaban J connectivity index is 2.45. The SMILES string of the molecule is CCC(C)C1CN(CC(C)SC)CCCN1. The highest BCUT2D eigenvalue weighted by Gasteiger charge is 2.22. The van der Waals surface area contributed by atoms with Crippen LogP contribution < -0.4 is 5.32 Å². The lowest BCUT2D eigenvalue weighted by Gasteiger charge is -2.29. The summed E-state index contributed by atoms with van der Waals surface area (Å²) >= 11 is 1.98. The second-order valence-electron chi connectivity index (χ2n) is 5.11. The smallest absolute Gasteiger partial charge is 0.0220 e. The normalized spacial score (nSPS) is 27.4. The molecular formula is C13H28N2S. The van der Waals surface area contributed by atoms with Crippen LogP contribution in [0.2, 0.25) is 0 Å². The van der Waals surface area contributed by atoms with E-state index in [1.54, 1.807) is 0 Å². The van der Waals surface area contributed by atoms with Crippen molar-refractivity contribution >= 4 is 11.8 Å². The molecule has 2 nitrogen and oxygen atoms in total. The molecule has 0 amide bonds. The topological polar surface area (TPSA) is 15.3 Å². The highest BCUT2D eigenvalue weighted by Crippen LogP contribution is 2.14. The van der Waals surface area contributed by atoms with Gasteiger partial charge in [-0.1, -0.05) is 27.2 Å². The maximum absolute atomic E-state index is 3.71. The lowest BCUT2D eigenvalue weighted by molar-refractivity contribution is 0.241. The minimum absolute atomic E-state index is 0.696. The minimum Gasteiger partial charge on any atom is -0.312 e. The van der Waals surface area contributed by atoms with Crippen molar-refractivity contribution in [3.63, 3.8) is 0 Å². The van der Waals surface area contributed by atoms with Crippen LogP contribution in [0.4, 0.5) is 0 Å². The molecule has 3 heteroatoms. The summed E-state index contributed by atoms with van der Waals surface area (Å²) in [6.07, 6.45) is 4.80. The van der Waals surface area contributed by atoms with Gasteiger partial charge in [-0.3, -0.25) is 0 Å². The molecule has 0 aliphatic carbocycles. The third-order valence-corrected chi connectivity index (χ3v) is 4.71. The van der Waals surface area contributed by atoms with E-state index in [0.29, 0.717) is 6.04 Å². The molecule has 0 saturated carbocycles. The van der Waals surface area contributed by atoms with Gasteiger partial charge in [-0.25, -0.2) is 0 Å². The first kappa shape index (κ1) is 14.3. The molecule has 0 bridgehead atoms. The van der Waals surface area contributed by atoms with Crippen LogP contribution >= 0.6 is 11.8 Å². The molecule has 1 N–H and O–H groups in total. The molecule has 16 heavy (non-hydrogen) atoms. The predicted octanol–water partition coefficient (Wildman–Crippen LogP) is 2.45. The highest BCUT2D eigenvalue weighted by molar-refractivity contribution is 7.99. The second-order valence-corrected chi connectivity index (χ2v) is 6.38. The van der Waals surface area contributed by atoms with E-state index in [1.807, 2.05) is 11.8 Å². The summed E-state index contributed by atoms with van der Waals surface area (Å²) in [5.41, 5.74) is 0. The van der Waals surface area contributed by atoms with E-state index >= 15 is 0 Å². The Morgan fingerprint density at radius 1 is 1.44 bits per heavy atom. The van der Waals surface area contributed by atoms with Crippen LogP contribution in [0.25, 0.3) is 0 Å². The van der Waals surface area contributed by atoms with E-state index in [0.717, 1.165) is 11.2 Å². The number of hydrogen-bond donors (Lipinski definition) is 1. The van der Waals surface area contributed by atoms with E-state index < -0.39 is 0 Å². The summed E-state index contributed by atoms with van der Waals surface area (Å²) in [6.45, 7) is 12.0. The Kier molecular flexibility index (Phi) is 6.78.